The van der Waals surface area contributed by atoms with Gasteiger partial charge in [-0.25, -0.2) is 0 Å². The Balaban J connectivity index is 2.02. The Labute approximate surface area is 120 Å². The van der Waals surface area contributed by atoms with Gasteiger partial charge in [-0.3, -0.25) is 19.3 Å². The summed E-state index contributed by atoms with van der Waals surface area (Å²) in [6.07, 6.45) is 2.00. The van der Waals surface area contributed by atoms with Crippen molar-refractivity contribution in [3.8, 4) is 0 Å². The van der Waals surface area contributed by atoms with E-state index in [-0.39, 0.29) is 16.5 Å². The molecule has 6 heteroatoms. The molecule has 0 saturated heterocycles. The fourth-order valence-electron chi connectivity index (χ4n) is 3.14. The van der Waals surface area contributed by atoms with E-state index in [9.17, 15) is 14.4 Å². The molecule has 1 aliphatic carbocycles. The molecule has 1 fully saturated rings. The lowest BCUT2D eigenvalue weighted by molar-refractivity contribution is -0.122. The number of halogens is 1. The summed E-state index contributed by atoms with van der Waals surface area (Å²) in [4.78, 5) is 37.5. The highest BCUT2D eigenvalue weighted by Gasteiger charge is 2.46. The number of primary amides is 1. The molecule has 1 aliphatic heterocycles. The smallest absolute Gasteiger partial charge is 0.263 e. The third-order valence-corrected chi connectivity index (χ3v) is 4.39. The number of imide groups is 1. The normalized spacial score (nSPS) is 25.1. The minimum atomic E-state index is -0.463. The summed E-state index contributed by atoms with van der Waals surface area (Å²) in [6, 6.07) is 4.34. The van der Waals surface area contributed by atoms with Crippen LogP contribution in [0, 0.1) is 5.92 Å². The maximum absolute atomic E-state index is 12.5. The molecule has 1 heterocycles. The van der Waals surface area contributed by atoms with Gasteiger partial charge in [-0.2, -0.15) is 0 Å². The van der Waals surface area contributed by atoms with E-state index < -0.39 is 23.8 Å². The van der Waals surface area contributed by atoms with Crippen molar-refractivity contribution in [3.05, 3.63) is 34.3 Å². The Morgan fingerprint density at radius 3 is 2.65 bits per heavy atom. The number of amides is 3. The van der Waals surface area contributed by atoms with Gasteiger partial charge in [0, 0.05) is 0 Å². The maximum Gasteiger partial charge on any atom is 0.263 e. The summed E-state index contributed by atoms with van der Waals surface area (Å²) < 4.78 is 0. The van der Waals surface area contributed by atoms with Gasteiger partial charge in [0.1, 0.15) is 0 Å². The van der Waals surface area contributed by atoms with Crippen molar-refractivity contribution in [2.24, 2.45) is 11.7 Å². The van der Waals surface area contributed by atoms with Crippen LogP contribution in [-0.2, 0) is 4.79 Å². The minimum Gasteiger partial charge on any atom is -0.369 e. The zero-order valence-corrected chi connectivity index (χ0v) is 11.4. The van der Waals surface area contributed by atoms with Gasteiger partial charge in [-0.05, 0) is 25.0 Å². The van der Waals surface area contributed by atoms with Gasteiger partial charge in [-0.15, -0.1) is 0 Å². The molecule has 0 radical (unpaired) electrons. The molecule has 1 aromatic rings. The molecule has 3 rings (SSSR count). The molecule has 0 aromatic heterocycles. The molecule has 2 atom stereocenters. The number of fused-ring (bicyclic) bond motifs is 1. The van der Waals surface area contributed by atoms with Crippen molar-refractivity contribution in [1.82, 2.24) is 4.90 Å². The van der Waals surface area contributed by atoms with Crippen molar-refractivity contribution >= 4 is 29.3 Å². The van der Waals surface area contributed by atoms with Crippen LogP contribution >= 0.6 is 11.6 Å². The van der Waals surface area contributed by atoms with Crippen LogP contribution in [0.3, 0.4) is 0 Å². The first kappa shape index (κ1) is 13.1. The molecule has 2 unspecified atom stereocenters. The van der Waals surface area contributed by atoms with Crippen LogP contribution in [0.1, 0.15) is 40.0 Å². The van der Waals surface area contributed by atoms with Crippen LogP contribution < -0.4 is 5.73 Å². The standard InChI is InChI=1S/C14H13ClN2O3/c15-9-5-1-4-8-11(9)14(20)17(13(8)19)10-6-2-3-7(10)12(16)18/h1,4-5,7,10H,2-3,6H2,(H2,16,18). The SMILES string of the molecule is NC(=O)C1CCCC1N1C(=O)c2cccc(Cl)c2C1=O. The molecule has 5 nitrogen and oxygen atoms in total. The van der Waals surface area contributed by atoms with Crippen LogP contribution in [-0.4, -0.2) is 28.7 Å². The zero-order valence-electron chi connectivity index (χ0n) is 10.6. The van der Waals surface area contributed by atoms with Gasteiger partial charge in [0.05, 0.1) is 28.1 Å². The van der Waals surface area contributed by atoms with Gasteiger partial charge in [0.15, 0.2) is 0 Å². The highest BCUT2D eigenvalue weighted by Crippen LogP contribution is 2.37. The quantitative estimate of drug-likeness (QED) is 0.841. The first-order valence-electron chi connectivity index (χ1n) is 6.48. The molecule has 0 bridgehead atoms. The fraction of sp³-hybridized carbons (Fsp3) is 0.357. The lowest BCUT2D eigenvalue weighted by Gasteiger charge is -2.26. The Kier molecular flexibility index (Phi) is 3.01. The summed E-state index contributed by atoms with van der Waals surface area (Å²) in [5.41, 5.74) is 5.90. The van der Waals surface area contributed by atoms with Gasteiger partial charge in [0.25, 0.3) is 11.8 Å². The molecular weight excluding hydrogens is 280 g/mol. The molecular formula is C14H13ClN2O3. The predicted octanol–water partition coefficient (Wildman–Crippen LogP) is 1.59. The Bertz CT molecular complexity index is 629. The van der Waals surface area contributed by atoms with Crippen LogP contribution in [0.25, 0.3) is 0 Å². The molecule has 1 saturated carbocycles. The number of nitrogens with zero attached hydrogens (tertiary/aromatic N) is 1. The molecule has 2 N–H and O–H groups in total. The third-order valence-electron chi connectivity index (χ3n) is 4.07. The van der Waals surface area contributed by atoms with Crippen molar-refractivity contribution in [3.63, 3.8) is 0 Å². The van der Waals surface area contributed by atoms with Crippen LogP contribution in [0.15, 0.2) is 18.2 Å². The predicted molar refractivity (Wildman–Crippen MR) is 72.3 cm³/mol. The monoisotopic (exact) mass is 292 g/mol. The van der Waals surface area contributed by atoms with E-state index in [1.54, 1.807) is 18.2 Å². The number of carbonyl (C=O) groups excluding carboxylic acids is 3. The van der Waals surface area contributed by atoms with Crippen molar-refractivity contribution in [1.29, 1.82) is 0 Å². The summed E-state index contributed by atoms with van der Waals surface area (Å²) in [6.45, 7) is 0. The van der Waals surface area contributed by atoms with Crippen molar-refractivity contribution < 1.29 is 14.4 Å². The average molecular weight is 293 g/mol. The molecule has 1 aromatic carbocycles. The van der Waals surface area contributed by atoms with Gasteiger partial charge in [-0.1, -0.05) is 24.1 Å². The maximum atomic E-state index is 12.5. The Hall–Kier alpha value is -1.88. The first-order valence-corrected chi connectivity index (χ1v) is 6.86. The summed E-state index contributed by atoms with van der Waals surface area (Å²) in [5, 5.41) is 0.261. The van der Waals surface area contributed by atoms with E-state index in [4.69, 9.17) is 17.3 Å². The van der Waals surface area contributed by atoms with Gasteiger partial charge in [0.2, 0.25) is 5.91 Å². The summed E-state index contributed by atoms with van der Waals surface area (Å²) in [7, 11) is 0. The number of hydrogen-bond acceptors (Lipinski definition) is 3. The number of benzene rings is 1. The molecule has 2 aliphatic rings. The van der Waals surface area contributed by atoms with E-state index in [1.165, 1.54) is 4.90 Å². The highest BCUT2D eigenvalue weighted by molar-refractivity contribution is 6.37. The van der Waals surface area contributed by atoms with E-state index in [0.717, 1.165) is 6.42 Å². The van der Waals surface area contributed by atoms with Crippen molar-refractivity contribution in [2.45, 2.75) is 25.3 Å². The van der Waals surface area contributed by atoms with E-state index in [1.807, 2.05) is 0 Å². The van der Waals surface area contributed by atoms with Crippen LogP contribution in [0.2, 0.25) is 5.02 Å². The van der Waals surface area contributed by atoms with E-state index in [2.05, 4.69) is 0 Å². The average Bonchev–Trinajstić information content (AvgIpc) is 2.95. The number of hydrogen-bond donors (Lipinski definition) is 1. The first-order chi connectivity index (χ1) is 9.52. The molecule has 0 spiro atoms. The number of carbonyl (C=O) groups is 3. The second-order valence-corrected chi connectivity index (χ2v) is 5.56. The topological polar surface area (TPSA) is 80.5 Å². The van der Waals surface area contributed by atoms with E-state index in [0.29, 0.717) is 18.4 Å². The number of nitrogens with two attached hydrogens (primary N) is 1. The molecule has 20 heavy (non-hydrogen) atoms. The molecule has 104 valence electrons. The fourth-order valence-corrected chi connectivity index (χ4v) is 3.40. The highest BCUT2D eigenvalue weighted by atomic mass is 35.5. The van der Waals surface area contributed by atoms with Gasteiger partial charge < -0.3 is 5.73 Å². The molecule has 3 amide bonds. The Morgan fingerprint density at radius 1 is 1.25 bits per heavy atom. The van der Waals surface area contributed by atoms with Crippen LogP contribution in [0.5, 0.6) is 0 Å². The van der Waals surface area contributed by atoms with Gasteiger partial charge >= 0.3 is 0 Å². The summed E-state index contributed by atoms with van der Waals surface area (Å²) in [5.74, 6) is -1.73. The Morgan fingerprint density at radius 2 is 2.00 bits per heavy atom. The second-order valence-electron chi connectivity index (χ2n) is 5.15. The lowest BCUT2D eigenvalue weighted by atomic mass is 10.0. The third kappa shape index (κ3) is 1.73. The van der Waals surface area contributed by atoms with E-state index >= 15 is 0 Å². The summed E-state index contributed by atoms with van der Waals surface area (Å²) >= 11 is 6.01. The van der Waals surface area contributed by atoms with Crippen molar-refractivity contribution in [2.75, 3.05) is 0 Å². The zero-order chi connectivity index (χ0) is 14.4. The minimum absolute atomic E-state index is 0.231. The second kappa shape index (κ2) is 4.59. The largest absolute Gasteiger partial charge is 0.369 e. The van der Waals surface area contributed by atoms with Crippen LogP contribution in [0.4, 0.5) is 0 Å². The lowest BCUT2D eigenvalue weighted by Crippen LogP contribution is -2.45. The number of rotatable bonds is 2.